The summed E-state index contributed by atoms with van der Waals surface area (Å²) in [6.45, 7) is 3.15. The van der Waals surface area contributed by atoms with Crippen LogP contribution in [0.15, 0.2) is 103 Å². The molecule has 3 aromatic heterocycles. The molecule has 0 aliphatic carbocycles. The number of aromatic nitrogens is 4. The number of rotatable bonds is 12. The summed E-state index contributed by atoms with van der Waals surface area (Å²) >= 11 is 1.38. The Morgan fingerprint density at radius 1 is 0.980 bits per heavy atom. The van der Waals surface area contributed by atoms with E-state index in [9.17, 15) is 23.6 Å². The van der Waals surface area contributed by atoms with E-state index in [0.29, 0.717) is 33.6 Å². The number of esters is 1. The second kappa shape index (κ2) is 14.5. The Bertz CT molecular complexity index is 2330. The molecule has 0 spiro atoms. The van der Waals surface area contributed by atoms with Crippen molar-refractivity contribution >= 4 is 33.2 Å². The van der Waals surface area contributed by atoms with Crippen LogP contribution in [0.25, 0.3) is 32.7 Å². The van der Waals surface area contributed by atoms with Gasteiger partial charge in [-0.2, -0.15) is 0 Å². The summed E-state index contributed by atoms with van der Waals surface area (Å²) in [5.74, 6) is -1.47. The lowest BCUT2D eigenvalue weighted by Crippen LogP contribution is -2.41. The largest absolute Gasteiger partial charge is 0.463 e. The van der Waals surface area contributed by atoms with Gasteiger partial charge in [0.2, 0.25) is 6.61 Å². The summed E-state index contributed by atoms with van der Waals surface area (Å²) in [7, 11) is 0. The molecule has 14 heteroatoms. The summed E-state index contributed by atoms with van der Waals surface area (Å²) in [5, 5.41) is 8.26. The van der Waals surface area contributed by atoms with Crippen molar-refractivity contribution in [3.8, 4) is 22.5 Å². The fraction of sp³-hybridized carbons (Fsp3) is 0.200. The van der Waals surface area contributed by atoms with Crippen molar-refractivity contribution in [3.63, 3.8) is 0 Å². The van der Waals surface area contributed by atoms with Crippen LogP contribution in [0.1, 0.15) is 29.9 Å². The minimum atomic E-state index is -0.654. The van der Waals surface area contributed by atoms with E-state index < -0.39 is 35.4 Å². The summed E-state index contributed by atoms with van der Waals surface area (Å²) in [4.78, 5) is 60.7. The molecule has 0 saturated carbocycles. The number of halogens is 1. The van der Waals surface area contributed by atoms with Gasteiger partial charge in [-0.25, -0.2) is 18.8 Å². The first-order chi connectivity index (χ1) is 23.7. The maximum absolute atomic E-state index is 14.1. The van der Waals surface area contributed by atoms with Crippen LogP contribution >= 0.6 is 11.3 Å². The number of thiophene rings is 1. The molecule has 3 heterocycles. The summed E-state index contributed by atoms with van der Waals surface area (Å²) < 4.78 is 26.0. The number of nitrogens with one attached hydrogen (secondary N) is 1. The number of benzene rings is 3. The van der Waals surface area contributed by atoms with Gasteiger partial charge in [0.1, 0.15) is 16.4 Å². The molecule has 0 aliphatic rings. The van der Waals surface area contributed by atoms with E-state index >= 15 is 0 Å². The van der Waals surface area contributed by atoms with Crippen LogP contribution in [0.4, 0.5) is 4.39 Å². The number of hydrogen-bond donors (Lipinski definition) is 1. The predicted octanol–water partition coefficient (Wildman–Crippen LogP) is 4.97. The molecule has 0 amide bonds. The molecule has 3 aromatic carbocycles. The molecule has 6 aromatic rings. The lowest BCUT2D eigenvalue weighted by atomic mass is 9.98. The van der Waals surface area contributed by atoms with Crippen LogP contribution in [0, 0.1) is 5.82 Å². The number of hydrogen-bond acceptors (Lipinski definition) is 10. The van der Waals surface area contributed by atoms with Crippen molar-refractivity contribution in [2.75, 3.05) is 13.2 Å². The first kappa shape index (κ1) is 33.0. The Labute approximate surface area is 281 Å². The highest BCUT2D eigenvalue weighted by Gasteiger charge is 2.20. The third-order valence-electron chi connectivity index (χ3n) is 7.67. The number of ether oxygens (including phenoxy) is 1. The van der Waals surface area contributed by atoms with Gasteiger partial charge in [0.15, 0.2) is 5.82 Å². The number of H-pyrrole nitrogens is 1. The molecule has 0 fully saturated rings. The molecule has 0 radical (unpaired) electrons. The third kappa shape index (κ3) is 7.18. The van der Waals surface area contributed by atoms with E-state index in [0.717, 1.165) is 26.1 Å². The maximum atomic E-state index is 14.1. The summed E-state index contributed by atoms with van der Waals surface area (Å²) in [5.41, 5.74) is 2.58. The lowest BCUT2D eigenvalue weighted by Gasteiger charge is -2.14. The molecule has 0 aliphatic heterocycles. The van der Waals surface area contributed by atoms with Crippen molar-refractivity contribution in [2.24, 2.45) is 5.16 Å². The van der Waals surface area contributed by atoms with E-state index in [2.05, 4.69) is 15.3 Å². The first-order valence-electron chi connectivity index (χ1n) is 15.4. The Balaban J connectivity index is 1.38. The van der Waals surface area contributed by atoms with Crippen molar-refractivity contribution in [3.05, 3.63) is 132 Å². The van der Waals surface area contributed by atoms with Crippen LogP contribution in [0.3, 0.4) is 0 Å². The molecule has 0 bridgehead atoms. The van der Waals surface area contributed by atoms with Gasteiger partial charge in [-0.05, 0) is 48.2 Å². The van der Waals surface area contributed by atoms with Gasteiger partial charge in [0.25, 0.3) is 5.56 Å². The van der Waals surface area contributed by atoms with Crippen molar-refractivity contribution < 1.29 is 23.3 Å². The van der Waals surface area contributed by atoms with Crippen molar-refractivity contribution in [2.45, 2.75) is 33.4 Å². The quantitative estimate of drug-likeness (QED) is 0.108. The number of oxime groups is 1. The average molecular weight is 684 g/mol. The van der Waals surface area contributed by atoms with Crippen LogP contribution in [0.2, 0.25) is 0 Å². The third-order valence-corrected chi connectivity index (χ3v) is 8.97. The van der Waals surface area contributed by atoms with Gasteiger partial charge in [0, 0.05) is 16.0 Å². The summed E-state index contributed by atoms with van der Waals surface area (Å²) in [6.07, 6.45) is 0.669. The Morgan fingerprint density at radius 2 is 1.71 bits per heavy atom. The smallest absolute Gasteiger partial charge is 0.439 e. The van der Waals surface area contributed by atoms with Crippen LogP contribution in [-0.2, 0) is 33.9 Å². The summed E-state index contributed by atoms with van der Waals surface area (Å²) in [6, 6.07) is 22.1. The van der Waals surface area contributed by atoms with Gasteiger partial charge >= 0.3 is 17.4 Å². The molecule has 6 rings (SSSR count). The van der Waals surface area contributed by atoms with Crippen molar-refractivity contribution in [1.82, 2.24) is 19.3 Å². The average Bonchev–Trinajstić information content (AvgIpc) is 3.75. The number of carbonyl (C=O) groups is 1. The van der Waals surface area contributed by atoms with Gasteiger partial charge in [-0.1, -0.05) is 77.9 Å². The number of aryl methyl sites for hydroxylation is 1. The highest BCUT2D eigenvalue weighted by atomic mass is 32.1. The molecule has 0 saturated heterocycles. The molecular formula is C35H30FN5O7S. The number of fused-ring (bicyclic) bond motifs is 1. The van der Waals surface area contributed by atoms with Gasteiger partial charge < -0.3 is 9.57 Å². The Kier molecular flexibility index (Phi) is 9.76. The molecule has 1 N–H and O–H groups in total. The zero-order chi connectivity index (χ0) is 34.5. The zero-order valence-corrected chi connectivity index (χ0v) is 27.3. The Morgan fingerprint density at radius 3 is 2.39 bits per heavy atom. The van der Waals surface area contributed by atoms with Gasteiger partial charge in [0.05, 0.1) is 25.1 Å². The van der Waals surface area contributed by atoms with E-state index in [1.165, 1.54) is 35.6 Å². The molecule has 0 atom stereocenters. The minimum absolute atomic E-state index is 0.136. The first-order valence-corrected chi connectivity index (χ1v) is 16.2. The SMILES string of the molecule is CCOC(=O)CON=C(Cn1c(=O)c2cc(CC)sc2n(Cc2ccc(-c3ccccc3-c3noc(=O)[nH]3)cc2)c1=O)c1ccc(F)cc1. The number of carbonyl (C=O) groups excluding carboxylic acids is 1. The lowest BCUT2D eigenvalue weighted by molar-refractivity contribution is -0.148. The zero-order valence-electron chi connectivity index (χ0n) is 26.5. The van der Waals surface area contributed by atoms with E-state index in [-0.39, 0.29) is 25.4 Å². The van der Waals surface area contributed by atoms with E-state index in [4.69, 9.17) is 14.1 Å². The Hall–Kier alpha value is -5.89. The van der Waals surface area contributed by atoms with Crippen LogP contribution in [-0.4, -0.2) is 44.2 Å². The van der Waals surface area contributed by atoms with Crippen LogP contribution in [0.5, 0.6) is 0 Å². The number of aromatic amines is 1. The number of nitrogens with zero attached hydrogens (tertiary/aromatic N) is 4. The highest BCUT2D eigenvalue weighted by Crippen LogP contribution is 2.30. The fourth-order valence-corrected chi connectivity index (χ4v) is 6.37. The maximum Gasteiger partial charge on any atom is 0.439 e. The molecule has 0 unspecified atom stereocenters. The minimum Gasteiger partial charge on any atom is -0.463 e. The molecule has 49 heavy (non-hydrogen) atoms. The molecule has 250 valence electrons. The van der Waals surface area contributed by atoms with E-state index in [1.54, 1.807) is 17.6 Å². The molecular weight excluding hydrogens is 653 g/mol. The standard InChI is InChI=1S/C35H30FN5O7S/c1-3-25-17-28-32(43)40(19-29(23-13-15-24(36)16-14-23)38-47-20-30(42)46-4-2)35(45)41(33(28)49-25)18-21-9-11-22(12-10-21)26-7-5-6-8-27(26)31-37-34(44)48-39-31/h5-17H,3-4,18-20H2,1-2H3,(H,37,39,44). The van der Waals surface area contributed by atoms with Gasteiger partial charge in [-0.3, -0.25) is 23.4 Å². The topological polar surface area (TPSA) is 151 Å². The second-order valence-corrected chi connectivity index (χ2v) is 12.0. The normalized spacial score (nSPS) is 11.6. The predicted molar refractivity (Wildman–Crippen MR) is 182 cm³/mol. The fourth-order valence-electron chi connectivity index (χ4n) is 5.29. The second-order valence-electron chi connectivity index (χ2n) is 10.9. The molecule has 12 nitrogen and oxygen atoms in total. The van der Waals surface area contributed by atoms with Gasteiger partial charge in [-0.15, -0.1) is 11.3 Å². The highest BCUT2D eigenvalue weighted by molar-refractivity contribution is 7.18. The monoisotopic (exact) mass is 683 g/mol. The van der Waals surface area contributed by atoms with Crippen molar-refractivity contribution in [1.29, 1.82) is 0 Å². The van der Waals surface area contributed by atoms with E-state index in [1.807, 2.05) is 55.5 Å². The van der Waals surface area contributed by atoms with Crippen LogP contribution < -0.4 is 17.0 Å².